The first-order chi connectivity index (χ1) is 9.61. The van der Waals surface area contributed by atoms with E-state index in [9.17, 15) is 0 Å². The second-order valence-corrected chi connectivity index (χ2v) is 6.03. The van der Waals surface area contributed by atoms with Crippen LogP contribution in [0.15, 0.2) is 24.3 Å². The van der Waals surface area contributed by atoms with Gasteiger partial charge in [-0.1, -0.05) is 19.1 Å². The van der Waals surface area contributed by atoms with Gasteiger partial charge in [0.25, 0.3) is 0 Å². The van der Waals surface area contributed by atoms with Crippen molar-refractivity contribution in [3.63, 3.8) is 0 Å². The number of piperidine rings is 1. The summed E-state index contributed by atoms with van der Waals surface area (Å²) in [5.41, 5.74) is 7.70. The molecule has 1 aliphatic heterocycles. The van der Waals surface area contributed by atoms with Crippen LogP contribution >= 0.6 is 0 Å². The molecule has 3 nitrogen and oxygen atoms in total. The molecule has 0 spiro atoms. The summed E-state index contributed by atoms with van der Waals surface area (Å²) in [6.45, 7) is 8.62. The van der Waals surface area contributed by atoms with Crippen molar-refractivity contribution < 1.29 is 4.74 Å². The Kier molecular flexibility index (Phi) is 5.44. The molecule has 1 fully saturated rings. The third-order valence-corrected chi connectivity index (χ3v) is 3.86. The van der Waals surface area contributed by atoms with Crippen molar-refractivity contribution in [2.24, 2.45) is 5.73 Å². The second-order valence-electron chi connectivity index (χ2n) is 6.03. The van der Waals surface area contributed by atoms with E-state index in [0.717, 1.165) is 25.3 Å². The van der Waals surface area contributed by atoms with E-state index in [1.165, 1.54) is 18.4 Å². The monoisotopic (exact) mass is 276 g/mol. The van der Waals surface area contributed by atoms with E-state index in [0.29, 0.717) is 6.04 Å². The lowest BCUT2D eigenvalue weighted by molar-refractivity contribution is 0.128. The Labute approximate surface area is 123 Å². The van der Waals surface area contributed by atoms with E-state index in [1.807, 2.05) is 6.07 Å². The smallest absolute Gasteiger partial charge is 0.120 e. The highest BCUT2D eigenvalue weighted by Crippen LogP contribution is 2.32. The maximum Gasteiger partial charge on any atom is 0.120 e. The molecule has 2 atom stereocenters. The summed E-state index contributed by atoms with van der Waals surface area (Å²) in [5, 5.41) is 0. The minimum Gasteiger partial charge on any atom is -0.491 e. The van der Waals surface area contributed by atoms with E-state index in [1.54, 1.807) is 0 Å². The number of hydrogen-bond acceptors (Lipinski definition) is 3. The van der Waals surface area contributed by atoms with Crippen LogP contribution < -0.4 is 10.5 Å². The Balaban J connectivity index is 2.21. The summed E-state index contributed by atoms with van der Waals surface area (Å²) < 4.78 is 5.82. The van der Waals surface area contributed by atoms with Gasteiger partial charge in [0.15, 0.2) is 0 Å². The van der Waals surface area contributed by atoms with Crippen LogP contribution in [0.2, 0.25) is 0 Å². The van der Waals surface area contributed by atoms with Crippen LogP contribution in [0.4, 0.5) is 0 Å². The molecule has 112 valence electrons. The molecule has 3 heteroatoms. The molecule has 1 aromatic carbocycles. The first kappa shape index (κ1) is 15.3. The molecule has 2 N–H and O–H groups in total. The first-order valence-electron chi connectivity index (χ1n) is 7.88. The number of nitrogens with two attached hydrogens (primary N) is 1. The van der Waals surface area contributed by atoms with Gasteiger partial charge in [-0.05, 0) is 63.9 Å². The van der Waals surface area contributed by atoms with Crippen molar-refractivity contribution >= 4 is 0 Å². The van der Waals surface area contributed by atoms with Crippen LogP contribution in [0.5, 0.6) is 5.75 Å². The number of benzene rings is 1. The molecule has 1 aromatic rings. The molecule has 2 rings (SSSR count). The van der Waals surface area contributed by atoms with Crippen molar-refractivity contribution in [2.45, 2.75) is 58.2 Å². The summed E-state index contributed by atoms with van der Waals surface area (Å²) in [4.78, 5) is 2.53. The highest BCUT2D eigenvalue weighted by atomic mass is 16.5. The molecule has 0 radical (unpaired) electrons. The third-order valence-electron chi connectivity index (χ3n) is 3.86. The summed E-state index contributed by atoms with van der Waals surface area (Å²) in [6, 6.07) is 9.02. The van der Waals surface area contributed by atoms with Gasteiger partial charge in [-0.15, -0.1) is 0 Å². The van der Waals surface area contributed by atoms with Crippen LogP contribution in [0.25, 0.3) is 0 Å². The molecule has 0 saturated carbocycles. The molecule has 2 unspecified atom stereocenters. The van der Waals surface area contributed by atoms with Crippen LogP contribution in [-0.4, -0.2) is 30.1 Å². The lowest BCUT2D eigenvalue weighted by Crippen LogP contribution is -2.46. The van der Waals surface area contributed by atoms with Gasteiger partial charge in [0.05, 0.1) is 12.1 Å². The fraction of sp³-hybridized carbons (Fsp3) is 0.647. The molecule has 1 saturated heterocycles. The van der Waals surface area contributed by atoms with Crippen LogP contribution in [0.3, 0.4) is 0 Å². The fourth-order valence-corrected chi connectivity index (χ4v) is 3.14. The summed E-state index contributed by atoms with van der Waals surface area (Å²) in [6.07, 6.45) is 3.70. The Morgan fingerprint density at radius 2 is 2.20 bits per heavy atom. The van der Waals surface area contributed by atoms with E-state index in [4.69, 9.17) is 10.5 Å². The molecule has 0 amide bonds. The van der Waals surface area contributed by atoms with Gasteiger partial charge < -0.3 is 10.5 Å². The minimum atomic E-state index is 0.206. The average Bonchev–Trinajstić information content (AvgIpc) is 2.38. The maximum absolute atomic E-state index is 6.40. The Morgan fingerprint density at radius 1 is 1.40 bits per heavy atom. The van der Waals surface area contributed by atoms with Crippen LogP contribution in [0.1, 0.15) is 51.6 Å². The lowest BCUT2D eigenvalue weighted by Gasteiger charge is -2.40. The minimum absolute atomic E-state index is 0.206. The summed E-state index contributed by atoms with van der Waals surface area (Å²) >= 11 is 0. The molecule has 20 heavy (non-hydrogen) atoms. The molecule has 1 heterocycles. The zero-order valence-corrected chi connectivity index (χ0v) is 13.0. The lowest BCUT2D eigenvalue weighted by atomic mass is 9.90. The van der Waals surface area contributed by atoms with Gasteiger partial charge in [0, 0.05) is 6.04 Å². The van der Waals surface area contributed by atoms with Gasteiger partial charge in [-0.25, -0.2) is 0 Å². The van der Waals surface area contributed by atoms with Gasteiger partial charge in [-0.2, -0.15) is 0 Å². The van der Waals surface area contributed by atoms with E-state index in [-0.39, 0.29) is 12.1 Å². The van der Waals surface area contributed by atoms with E-state index >= 15 is 0 Å². The maximum atomic E-state index is 6.40. The zero-order valence-electron chi connectivity index (χ0n) is 13.0. The molecule has 0 bridgehead atoms. The standard InChI is InChI=1S/C17H28N2O/c1-4-10-19-11-6-9-16(18)17(19)14-7-5-8-15(12-14)20-13(2)3/h5,7-8,12-13,16-17H,4,6,9-11,18H2,1-3H3. The quantitative estimate of drug-likeness (QED) is 0.896. The first-order valence-corrected chi connectivity index (χ1v) is 7.88. The third kappa shape index (κ3) is 3.74. The molecular weight excluding hydrogens is 248 g/mol. The van der Waals surface area contributed by atoms with Crippen molar-refractivity contribution in [3.05, 3.63) is 29.8 Å². The number of hydrogen-bond donors (Lipinski definition) is 1. The highest BCUT2D eigenvalue weighted by Gasteiger charge is 2.29. The van der Waals surface area contributed by atoms with E-state index in [2.05, 4.69) is 43.9 Å². The Bertz CT molecular complexity index is 417. The number of ether oxygens (including phenoxy) is 1. The molecule has 1 aliphatic rings. The second kappa shape index (κ2) is 7.09. The topological polar surface area (TPSA) is 38.5 Å². The SMILES string of the molecule is CCCN1CCCC(N)C1c1cccc(OC(C)C)c1. The summed E-state index contributed by atoms with van der Waals surface area (Å²) in [5.74, 6) is 0.951. The molecular formula is C17H28N2O. The van der Waals surface area contributed by atoms with Gasteiger partial charge in [0.1, 0.15) is 5.75 Å². The molecule has 0 aromatic heterocycles. The van der Waals surface area contributed by atoms with Crippen molar-refractivity contribution in [1.29, 1.82) is 0 Å². The summed E-state index contributed by atoms with van der Waals surface area (Å²) in [7, 11) is 0. The fourth-order valence-electron chi connectivity index (χ4n) is 3.14. The van der Waals surface area contributed by atoms with Crippen molar-refractivity contribution in [1.82, 2.24) is 4.90 Å². The highest BCUT2D eigenvalue weighted by molar-refractivity contribution is 5.32. The zero-order chi connectivity index (χ0) is 14.5. The van der Waals surface area contributed by atoms with Crippen molar-refractivity contribution in [3.8, 4) is 5.75 Å². The van der Waals surface area contributed by atoms with Crippen molar-refractivity contribution in [2.75, 3.05) is 13.1 Å². The molecule has 0 aliphatic carbocycles. The van der Waals surface area contributed by atoms with Gasteiger partial charge in [0.2, 0.25) is 0 Å². The number of nitrogens with zero attached hydrogens (tertiary/aromatic N) is 1. The van der Waals surface area contributed by atoms with Crippen LogP contribution in [-0.2, 0) is 0 Å². The van der Waals surface area contributed by atoms with E-state index < -0.39 is 0 Å². The predicted octanol–water partition coefficient (Wildman–Crippen LogP) is 3.35. The van der Waals surface area contributed by atoms with Gasteiger partial charge in [-0.3, -0.25) is 4.90 Å². The number of rotatable bonds is 5. The largest absolute Gasteiger partial charge is 0.491 e. The Hall–Kier alpha value is -1.06. The predicted molar refractivity (Wildman–Crippen MR) is 84.0 cm³/mol. The Morgan fingerprint density at radius 3 is 2.90 bits per heavy atom. The van der Waals surface area contributed by atoms with Gasteiger partial charge >= 0.3 is 0 Å². The normalized spacial score (nSPS) is 24.1. The van der Waals surface area contributed by atoms with Crippen LogP contribution in [0, 0.1) is 0 Å². The average molecular weight is 276 g/mol. The number of likely N-dealkylation sites (tertiary alicyclic amines) is 1.